The average molecular weight is 317 g/mol. The average Bonchev–Trinajstić information content (AvgIpc) is 2.80. The number of nitrogens with zero attached hydrogens (tertiary/aromatic N) is 3. The van der Waals surface area contributed by atoms with Gasteiger partial charge in [-0.1, -0.05) is 0 Å². The quantitative estimate of drug-likeness (QED) is 0.925. The highest BCUT2D eigenvalue weighted by molar-refractivity contribution is 5.76. The summed E-state index contributed by atoms with van der Waals surface area (Å²) in [4.78, 5) is 14.6. The number of carbonyl (C=O) groups excluding carboxylic acids is 1. The van der Waals surface area contributed by atoms with Crippen LogP contribution in [0.5, 0.6) is 0 Å². The maximum Gasteiger partial charge on any atom is 0.223 e. The Hall–Kier alpha value is -1.36. The molecule has 4 aliphatic rings. The van der Waals surface area contributed by atoms with Crippen LogP contribution >= 0.6 is 0 Å². The predicted octanol–water partition coefficient (Wildman–Crippen LogP) is 2.10. The summed E-state index contributed by atoms with van der Waals surface area (Å²) in [5.74, 6) is 1.48. The van der Waals surface area contributed by atoms with E-state index < -0.39 is 5.60 Å². The third-order valence-electron chi connectivity index (χ3n) is 6.28. The summed E-state index contributed by atoms with van der Waals surface area (Å²) in [6, 6.07) is 0. The molecule has 2 atom stereocenters. The summed E-state index contributed by atoms with van der Waals surface area (Å²) in [5.41, 5.74) is 0.637. The number of rotatable bonds is 4. The molecule has 4 aliphatic carbocycles. The van der Waals surface area contributed by atoms with E-state index in [1.54, 1.807) is 4.68 Å². The molecule has 23 heavy (non-hydrogen) atoms. The highest BCUT2D eigenvalue weighted by Gasteiger charge is 2.57. The monoisotopic (exact) mass is 317 g/mol. The lowest BCUT2D eigenvalue weighted by molar-refractivity contribution is -0.171. The van der Waals surface area contributed by atoms with Crippen LogP contribution in [0.1, 0.15) is 50.5 Å². The summed E-state index contributed by atoms with van der Waals surface area (Å²) in [6.45, 7) is 0.611. The van der Waals surface area contributed by atoms with E-state index in [0.717, 1.165) is 37.7 Å². The standard InChI is InChI=1S/C18H27N3O2/c1-20(10-15-9-19-21(2)11-15)16(22)8-17-4-13-3-14(5-17)7-18(23,6-13)12-17/h9,11,13-14,23H,3-8,10,12H2,1-2H3/t13-,14-,17?,18?/m1/s1. The zero-order chi connectivity index (χ0) is 16.2. The first-order valence-electron chi connectivity index (χ1n) is 8.79. The molecule has 5 heteroatoms. The van der Waals surface area contributed by atoms with Gasteiger partial charge in [0.2, 0.25) is 5.91 Å². The molecule has 0 aliphatic heterocycles. The van der Waals surface area contributed by atoms with E-state index in [4.69, 9.17) is 0 Å². The molecule has 5 rings (SSSR count). The van der Waals surface area contributed by atoms with E-state index in [9.17, 15) is 9.90 Å². The van der Waals surface area contributed by atoms with E-state index in [-0.39, 0.29) is 11.3 Å². The van der Waals surface area contributed by atoms with Crippen molar-refractivity contribution in [3.8, 4) is 0 Å². The first-order chi connectivity index (χ1) is 10.8. The van der Waals surface area contributed by atoms with Gasteiger partial charge >= 0.3 is 0 Å². The van der Waals surface area contributed by atoms with E-state index in [2.05, 4.69) is 5.10 Å². The van der Waals surface area contributed by atoms with Gasteiger partial charge in [-0.15, -0.1) is 0 Å². The van der Waals surface area contributed by atoms with E-state index in [0.29, 0.717) is 24.8 Å². The van der Waals surface area contributed by atoms with E-state index >= 15 is 0 Å². The van der Waals surface area contributed by atoms with Crippen molar-refractivity contribution < 1.29 is 9.90 Å². The molecule has 0 radical (unpaired) electrons. The Labute approximate surface area is 137 Å². The van der Waals surface area contributed by atoms with Crippen molar-refractivity contribution >= 4 is 5.91 Å². The molecule has 0 aromatic carbocycles. The SMILES string of the molecule is CN(Cc1cnn(C)c1)C(=O)CC12C[C@H]3C[C@@H](CC(O)(C3)C1)C2. The normalized spacial score (nSPS) is 38.0. The van der Waals surface area contributed by atoms with Crippen LogP contribution in [0.25, 0.3) is 0 Å². The fourth-order valence-electron chi connectivity index (χ4n) is 5.98. The number of carbonyl (C=O) groups is 1. The van der Waals surface area contributed by atoms with Crippen molar-refractivity contribution in [1.29, 1.82) is 0 Å². The summed E-state index contributed by atoms with van der Waals surface area (Å²) < 4.78 is 1.77. The van der Waals surface area contributed by atoms with Gasteiger partial charge < -0.3 is 10.0 Å². The molecule has 1 amide bonds. The third kappa shape index (κ3) is 2.80. The number of amides is 1. The zero-order valence-corrected chi connectivity index (χ0v) is 14.2. The number of aromatic nitrogens is 2. The Morgan fingerprint density at radius 3 is 2.65 bits per heavy atom. The topological polar surface area (TPSA) is 58.4 Å². The second-order valence-corrected chi connectivity index (χ2v) is 8.63. The van der Waals surface area contributed by atoms with Crippen molar-refractivity contribution in [2.24, 2.45) is 24.3 Å². The van der Waals surface area contributed by atoms with Crippen molar-refractivity contribution in [1.82, 2.24) is 14.7 Å². The molecule has 126 valence electrons. The molecule has 0 spiro atoms. The molecule has 5 nitrogen and oxygen atoms in total. The second kappa shape index (κ2) is 5.07. The molecular formula is C18H27N3O2. The number of hydrogen-bond acceptors (Lipinski definition) is 3. The molecule has 4 fully saturated rings. The summed E-state index contributed by atoms with van der Waals surface area (Å²) >= 11 is 0. The number of hydrogen-bond donors (Lipinski definition) is 1. The van der Waals surface area contributed by atoms with Gasteiger partial charge in [0.1, 0.15) is 0 Å². The van der Waals surface area contributed by atoms with Crippen LogP contribution in [0.3, 0.4) is 0 Å². The lowest BCUT2D eigenvalue weighted by atomic mass is 9.47. The van der Waals surface area contributed by atoms with E-state index in [1.807, 2.05) is 31.4 Å². The Balaban J connectivity index is 1.44. The minimum atomic E-state index is -0.480. The molecule has 1 aromatic rings. The third-order valence-corrected chi connectivity index (χ3v) is 6.28. The van der Waals surface area contributed by atoms with Crippen LogP contribution in [-0.2, 0) is 18.4 Å². The highest BCUT2D eigenvalue weighted by Crippen LogP contribution is 2.62. The van der Waals surface area contributed by atoms with E-state index in [1.165, 1.54) is 6.42 Å². The fourth-order valence-corrected chi connectivity index (χ4v) is 5.98. The molecule has 1 aromatic heterocycles. The first-order valence-corrected chi connectivity index (χ1v) is 8.79. The van der Waals surface area contributed by atoms with Crippen LogP contribution in [-0.4, -0.2) is 38.3 Å². The molecule has 0 saturated heterocycles. The highest BCUT2D eigenvalue weighted by atomic mass is 16.3. The molecule has 0 unspecified atom stereocenters. The Bertz CT molecular complexity index is 610. The van der Waals surface area contributed by atoms with Crippen molar-refractivity contribution in [3.63, 3.8) is 0 Å². The zero-order valence-electron chi connectivity index (χ0n) is 14.2. The molecule has 1 N–H and O–H groups in total. The maximum atomic E-state index is 12.8. The first kappa shape index (κ1) is 15.2. The van der Waals surface area contributed by atoms with Gasteiger partial charge in [-0.25, -0.2) is 0 Å². The molecule has 4 saturated carbocycles. The lowest BCUT2D eigenvalue weighted by Gasteiger charge is -2.60. The Kier molecular flexibility index (Phi) is 3.34. The summed E-state index contributed by atoms with van der Waals surface area (Å²) in [7, 11) is 3.77. The predicted molar refractivity (Wildman–Crippen MR) is 86.4 cm³/mol. The minimum Gasteiger partial charge on any atom is -0.390 e. The van der Waals surface area contributed by atoms with Crippen LogP contribution in [0.2, 0.25) is 0 Å². The Morgan fingerprint density at radius 2 is 2.09 bits per heavy atom. The van der Waals surface area contributed by atoms with Gasteiger partial charge in [-0.3, -0.25) is 9.48 Å². The van der Waals surface area contributed by atoms with Crippen molar-refractivity contribution in [2.75, 3.05) is 7.05 Å². The van der Waals surface area contributed by atoms with Crippen LogP contribution in [0, 0.1) is 17.3 Å². The van der Waals surface area contributed by atoms with Gasteiger partial charge in [-0.05, 0) is 55.8 Å². The lowest BCUT2D eigenvalue weighted by Crippen LogP contribution is -2.56. The van der Waals surface area contributed by atoms with Crippen molar-refractivity contribution in [3.05, 3.63) is 18.0 Å². The summed E-state index contributed by atoms with van der Waals surface area (Å²) in [5, 5.41) is 15.0. The van der Waals surface area contributed by atoms with Crippen LogP contribution < -0.4 is 0 Å². The van der Waals surface area contributed by atoms with Gasteiger partial charge in [0.15, 0.2) is 0 Å². The van der Waals surface area contributed by atoms with Gasteiger partial charge in [-0.2, -0.15) is 5.10 Å². The van der Waals surface area contributed by atoms with Gasteiger partial charge in [0, 0.05) is 38.8 Å². The smallest absolute Gasteiger partial charge is 0.223 e. The van der Waals surface area contributed by atoms with Gasteiger partial charge in [0.25, 0.3) is 0 Å². The molecule has 4 bridgehead atoms. The Morgan fingerprint density at radius 1 is 1.39 bits per heavy atom. The summed E-state index contributed by atoms with van der Waals surface area (Å²) in [6.07, 6.45) is 10.7. The second-order valence-electron chi connectivity index (χ2n) is 8.63. The number of aryl methyl sites for hydroxylation is 1. The number of aliphatic hydroxyl groups is 1. The van der Waals surface area contributed by atoms with Crippen LogP contribution in [0.4, 0.5) is 0 Å². The van der Waals surface area contributed by atoms with Crippen molar-refractivity contribution in [2.45, 2.75) is 57.1 Å². The largest absolute Gasteiger partial charge is 0.390 e. The van der Waals surface area contributed by atoms with Gasteiger partial charge in [0.05, 0.1) is 11.8 Å². The van der Waals surface area contributed by atoms with Crippen LogP contribution in [0.15, 0.2) is 12.4 Å². The fraction of sp³-hybridized carbons (Fsp3) is 0.778. The molecular weight excluding hydrogens is 290 g/mol. The molecule has 1 heterocycles. The maximum absolute atomic E-state index is 12.8. The minimum absolute atomic E-state index is 0.0547.